The third-order valence-electron chi connectivity index (χ3n) is 10.7. The van der Waals surface area contributed by atoms with Gasteiger partial charge in [-0.25, -0.2) is 14.4 Å². The summed E-state index contributed by atoms with van der Waals surface area (Å²) in [5.74, 6) is 0.0600. The highest BCUT2D eigenvalue weighted by molar-refractivity contribution is 5.82. The number of ether oxygens (including phenoxy) is 1. The van der Waals surface area contributed by atoms with Crippen LogP contribution in [0.3, 0.4) is 0 Å². The van der Waals surface area contributed by atoms with E-state index in [9.17, 15) is 27.2 Å². The SMILES string of the molecule is Cn1c(-c2cc(F)ccc2Oc2cncnc2N2CC3(CCN(C[C@H]4CC[C@H](NC(=O)C(F)(F)F)CC4)CC3)C2)c(C2CC2)ccc1=O. The number of piperidine rings is 1. The summed E-state index contributed by atoms with van der Waals surface area (Å²) in [7, 11) is 1.70. The molecule has 0 radical (unpaired) electrons. The molecule has 0 bridgehead atoms. The van der Waals surface area contributed by atoms with Crippen molar-refractivity contribution < 1.29 is 27.1 Å². The lowest BCUT2D eigenvalue weighted by Gasteiger charge is -2.54. The second kappa shape index (κ2) is 12.8. The third-order valence-corrected chi connectivity index (χ3v) is 10.7. The number of benzene rings is 1. The van der Waals surface area contributed by atoms with E-state index in [2.05, 4.69) is 25.1 Å². The van der Waals surface area contributed by atoms with Gasteiger partial charge in [-0.15, -0.1) is 0 Å². The van der Waals surface area contributed by atoms with Gasteiger partial charge in [0.05, 0.1) is 11.9 Å². The maximum absolute atomic E-state index is 14.7. The van der Waals surface area contributed by atoms with Crippen LogP contribution in [0.1, 0.15) is 62.8 Å². The maximum atomic E-state index is 14.7. The second-order valence-corrected chi connectivity index (χ2v) is 14.1. The number of alkyl halides is 3. The first-order valence-corrected chi connectivity index (χ1v) is 16.8. The van der Waals surface area contributed by atoms with Crippen LogP contribution >= 0.6 is 0 Å². The number of hydrogen-bond acceptors (Lipinski definition) is 7. The monoisotopic (exact) mass is 668 g/mol. The Morgan fingerprint density at radius 2 is 1.75 bits per heavy atom. The van der Waals surface area contributed by atoms with Crippen molar-refractivity contribution in [3.63, 3.8) is 0 Å². The van der Waals surface area contributed by atoms with Crippen LogP contribution in [0.2, 0.25) is 0 Å². The minimum Gasteiger partial charge on any atom is -0.451 e. The molecule has 1 N–H and O–H groups in total. The van der Waals surface area contributed by atoms with E-state index in [0.717, 1.165) is 76.8 Å². The Hall–Kier alpha value is -4.00. The molecule has 9 nitrogen and oxygen atoms in total. The maximum Gasteiger partial charge on any atom is 0.471 e. The molecule has 2 aromatic heterocycles. The van der Waals surface area contributed by atoms with Crippen molar-refractivity contribution in [1.29, 1.82) is 0 Å². The van der Waals surface area contributed by atoms with Crippen molar-refractivity contribution in [2.75, 3.05) is 37.6 Å². The topological polar surface area (TPSA) is 92.6 Å². The minimum absolute atomic E-state index is 0.167. The Labute approximate surface area is 276 Å². The molecule has 2 saturated heterocycles. The number of aromatic nitrogens is 3. The fourth-order valence-corrected chi connectivity index (χ4v) is 7.79. The summed E-state index contributed by atoms with van der Waals surface area (Å²) in [4.78, 5) is 37.4. The molecule has 0 unspecified atom stereocenters. The molecule has 2 aliphatic heterocycles. The van der Waals surface area contributed by atoms with Crippen LogP contribution < -0.4 is 20.5 Å². The standard InChI is InChI=1S/C35H40F4N6O3/c1-43-30(46)11-9-26(23-4-5-23)31(43)27-16-24(36)6-10-28(27)48-29-17-40-21-41-32(29)45-19-34(20-45)12-14-44(15-13-34)18-22-2-7-25(8-3-22)42-33(47)35(37,38)39/h6,9-11,16-17,21-23,25H,2-5,7-8,12-15,18-20H2,1H3,(H,42,47)/t22-,25-. The second-order valence-electron chi connectivity index (χ2n) is 14.1. The fraction of sp³-hybridized carbons (Fsp3) is 0.543. The molecular formula is C35H40F4N6O3. The van der Waals surface area contributed by atoms with E-state index >= 15 is 0 Å². The lowest BCUT2D eigenvalue weighted by Crippen LogP contribution is -2.61. The molecule has 4 heterocycles. The molecule has 2 aliphatic carbocycles. The van der Waals surface area contributed by atoms with Crippen LogP contribution in [0.15, 0.2) is 47.7 Å². The number of anilines is 1. The fourth-order valence-electron chi connectivity index (χ4n) is 7.79. The lowest BCUT2D eigenvalue weighted by atomic mass is 9.71. The van der Waals surface area contributed by atoms with Crippen molar-refractivity contribution in [2.24, 2.45) is 18.4 Å². The number of amides is 1. The first-order valence-electron chi connectivity index (χ1n) is 16.8. The molecule has 4 aliphatic rings. The Balaban J connectivity index is 0.971. The van der Waals surface area contributed by atoms with Crippen LogP contribution in [-0.4, -0.2) is 70.3 Å². The highest BCUT2D eigenvalue weighted by atomic mass is 19.4. The van der Waals surface area contributed by atoms with Gasteiger partial charge < -0.3 is 24.4 Å². The van der Waals surface area contributed by atoms with Crippen molar-refractivity contribution >= 4 is 11.7 Å². The first kappa shape index (κ1) is 32.5. The molecule has 1 aromatic carbocycles. The van der Waals surface area contributed by atoms with E-state index in [1.807, 2.05) is 6.07 Å². The van der Waals surface area contributed by atoms with Crippen LogP contribution in [0.25, 0.3) is 11.3 Å². The molecular weight excluding hydrogens is 628 g/mol. The van der Waals surface area contributed by atoms with Crippen LogP contribution in [0.5, 0.6) is 11.5 Å². The van der Waals surface area contributed by atoms with Crippen LogP contribution in [-0.2, 0) is 11.8 Å². The van der Waals surface area contributed by atoms with E-state index in [-0.39, 0.29) is 11.0 Å². The molecule has 0 atom stereocenters. The summed E-state index contributed by atoms with van der Waals surface area (Å²) in [5, 5.41) is 2.14. The number of rotatable bonds is 8. The van der Waals surface area contributed by atoms with Gasteiger partial charge in [0.1, 0.15) is 17.9 Å². The van der Waals surface area contributed by atoms with E-state index in [4.69, 9.17) is 4.74 Å². The molecule has 4 fully saturated rings. The molecule has 256 valence electrons. The molecule has 48 heavy (non-hydrogen) atoms. The summed E-state index contributed by atoms with van der Waals surface area (Å²) >= 11 is 0. The Morgan fingerprint density at radius 1 is 1.02 bits per heavy atom. The Bertz CT molecular complexity index is 1720. The number of carbonyl (C=O) groups excluding carboxylic acids is 1. The van der Waals surface area contributed by atoms with Crippen LogP contribution in [0, 0.1) is 17.2 Å². The zero-order valence-electron chi connectivity index (χ0n) is 26.9. The number of pyridine rings is 1. The number of nitrogens with zero attached hydrogens (tertiary/aromatic N) is 5. The van der Waals surface area contributed by atoms with E-state index < -0.39 is 23.9 Å². The predicted molar refractivity (Wildman–Crippen MR) is 171 cm³/mol. The van der Waals surface area contributed by atoms with Gasteiger partial charge in [-0.05, 0) is 100 Å². The molecule has 7 rings (SSSR count). The zero-order chi connectivity index (χ0) is 33.6. The van der Waals surface area contributed by atoms with Gasteiger partial charge in [0.2, 0.25) is 0 Å². The molecule has 1 spiro atoms. The van der Waals surface area contributed by atoms with E-state index in [1.165, 1.54) is 18.5 Å². The van der Waals surface area contributed by atoms with Gasteiger partial charge in [0, 0.05) is 49.8 Å². The minimum atomic E-state index is -4.84. The summed E-state index contributed by atoms with van der Waals surface area (Å²) in [6.07, 6.45) is 5.19. The number of halogens is 4. The summed E-state index contributed by atoms with van der Waals surface area (Å²) in [6.45, 7) is 4.51. The zero-order valence-corrected chi connectivity index (χ0v) is 26.9. The van der Waals surface area contributed by atoms with Gasteiger partial charge in [-0.2, -0.15) is 13.2 Å². The number of nitrogens with one attached hydrogen (secondary N) is 1. The van der Waals surface area contributed by atoms with Gasteiger partial charge in [-0.1, -0.05) is 6.07 Å². The number of carbonyl (C=O) groups is 1. The normalized spacial score (nSPS) is 22.7. The van der Waals surface area contributed by atoms with Crippen molar-refractivity contribution in [3.8, 4) is 22.8 Å². The summed E-state index contributed by atoms with van der Waals surface area (Å²) in [6, 6.07) is 7.36. The van der Waals surface area contributed by atoms with Crippen molar-refractivity contribution in [3.05, 3.63) is 64.6 Å². The van der Waals surface area contributed by atoms with E-state index in [1.54, 1.807) is 29.9 Å². The highest BCUT2D eigenvalue weighted by Gasteiger charge is 2.46. The van der Waals surface area contributed by atoms with E-state index in [0.29, 0.717) is 53.3 Å². The largest absolute Gasteiger partial charge is 0.471 e. The Kier molecular flexibility index (Phi) is 8.67. The Morgan fingerprint density at radius 3 is 2.44 bits per heavy atom. The quantitative estimate of drug-likeness (QED) is 0.304. The predicted octanol–water partition coefficient (Wildman–Crippen LogP) is 5.79. The average molecular weight is 669 g/mol. The summed E-state index contributed by atoms with van der Waals surface area (Å²) < 4.78 is 60.5. The molecule has 1 amide bonds. The molecule has 13 heteroatoms. The van der Waals surface area contributed by atoms with Crippen LogP contribution in [0.4, 0.5) is 23.4 Å². The highest BCUT2D eigenvalue weighted by Crippen LogP contribution is 2.48. The number of likely N-dealkylation sites (tertiary alicyclic amines) is 1. The molecule has 3 aromatic rings. The molecule has 2 saturated carbocycles. The summed E-state index contributed by atoms with van der Waals surface area (Å²) in [5.41, 5.74) is 2.18. The smallest absolute Gasteiger partial charge is 0.451 e. The lowest BCUT2D eigenvalue weighted by molar-refractivity contribution is -0.174. The average Bonchev–Trinajstić information content (AvgIpc) is 3.89. The van der Waals surface area contributed by atoms with Gasteiger partial charge >= 0.3 is 12.1 Å². The first-order chi connectivity index (χ1) is 23.0. The van der Waals surface area contributed by atoms with Crippen molar-refractivity contribution in [2.45, 2.75) is 69.5 Å². The number of hydrogen-bond donors (Lipinski definition) is 1. The van der Waals surface area contributed by atoms with Gasteiger partial charge in [0.25, 0.3) is 5.56 Å². The third kappa shape index (κ3) is 6.79. The van der Waals surface area contributed by atoms with Gasteiger partial charge in [-0.3, -0.25) is 9.59 Å². The van der Waals surface area contributed by atoms with Crippen molar-refractivity contribution in [1.82, 2.24) is 24.8 Å². The van der Waals surface area contributed by atoms with Gasteiger partial charge in [0.15, 0.2) is 11.6 Å².